The van der Waals surface area contributed by atoms with Gasteiger partial charge in [-0.15, -0.1) is 0 Å². The minimum atomic E-state index is -5.75. The zero-order chi connectivity index (χ0) is 19.4. The summed E-state index contributed by atoms with van der Waals surface area (Å²) < 4.78 is 69.0. The van der Waals surface area contributed by atoms with Crippen LogP contribution in [0.15, 0.2) is 0 Å². The lowest BCUT2D eigenvalue weighted by Crippen LogP contribution is -2.39. The van der Waals surface area contributed by atoms with Crippen molar-refractivity contribution < 1.29 is 35.4 Å². The predicted octanol–water partition coefficient (Wildman–Crippen LogP) is 3.08. The van der Waals surface area contributed by atoms with E-state index in [1.54, 1.807) is 13.8 Å². The highest BCUT2D eigenvalue weighted by atomic mass is 32.2. The molecule has 1 atom stereocenters. The van der Waals surface area contributed by atoms with E-state index in [0.29, 0.717) is 28.0 Å². The molecule has 1 aliphatic rings. The fraction of sp³-hybridized carbons (Fsp3) is 0.571. The largest absolute Gasteiger partial charge is 0.523 e. The summed E-state index contributed by atoms with van der Waals surface area (Å²) in [6.07, 6.45) is -0.0104. The molecule has 1 heterocycles. The smallest absolute Gasteiger partial charge is 0.484 e. The van der Waals surface area contributed by atoms with Crippen LogP contribution in [-0.4, -0.2) is 31.1 Å². The van der Waals surface area contributed by atoms with Gasteiger partial charge in [0, 0.05) is 28.7 Å². The molecule has 0 bridgehead atoms. The summed E-state index contributed by atoms with van der Waals surface area (Å²) in [6.45, 7) is 5.18. The summed E-state index contributed by atoms with van der Waals surface area (Å²) in [5.41, 5.74) is -5.35. The van der Waals surface area contributed by atoms with Crippen LogP contribution >= 0.6 is 0 Å². The van der Waals surface area contributed by atoms with Crippen LogP contribution in [0.2, 0.25) is 0 Å². The lowest BCUT2D eigenvalue weighted by molar-refractivity contribution is -0.386. The molecule has 1 aromatic carbocycles. The molecule has 11 heteroatoms. The van der Waals surface area contributed by atoms with Crippen LogP contribution in [0.4, 0.5) is 18.9 Å². The van der Waals surface area contributed by atoms with E-state index in [2.05, 4.69) is 4.18 Å². The van der Waals surface area contributed by atoms with Gasteiger partial charge in [-0.25, -0.2) is 0 Å². The summed E-state index contributed by atoms with van der Waals surface area (Å²) in [4.78, 5) is 10.7. The number of nitro groups is 1. The van der Waals surface area contributed by atoms with Crippen molar-refractivity contribution in [2.45, 2.75) is 45.2 Å². The highest BCUT2D eigenvalue weighted by Crippen LogP contribution is 2.45. The molecule has 140 valence electrons. The third kappa shape index (κ3) is 3.30. The Hall–Kier alpha value is -1.88. The van der Waals surface area contributed by atoms with Crippen molar-refractivity contribution in [3.8, 4) is 5.75 Å². The molecular formula is C14H16F3NO6S. The van der Waals surface area contributed by atoms with Gasteiger partial charge >= 0.3 is 15.6 Å². The van der Waals surface area contributed by atoms with Crippen molar-refractivity contribution in [2.24, 2.45) is 0 Å². The molecule has 2 rings (SSSR count). The van der Waals surface area contributed by atoms with Gasteiger partial charge in [0.05, 0.1) is 4.92 Å². The first-order valence-electron chi connectivity index (χ1n) is 7.12. The Morgan fingerprint density at radius 1 is 1.24 bits per heavy atom. The molecule has 0 saturated heterocycles. The molecule has 0 aliphatic carbocycles. The number of fused-ring (bicyclic) bond motifs is 1. The van der Waals surface area contributed by atoms with Crippen LogP contribution in [0.5, 0.6) is 5.75 Å². The molecule has 0 N–H and O–H groups in total. The minimum Gasteiger partial charge on any atom is -0.484 e. The van der Waals surface area contributed by atoms with Crippen LogP contribution in [0.3, 0.4) is 0 Å². The second-order valence-corrected chi connectivity index (χ2v) is 7.79. The summed E-state index contributed by atoms with van der Waals surface area (Å²) in [5.74, 6) is 0.316. The maximum absolute atomic E-state index is 12.4. The van der Waals surface area contributed by atoms with E-state index in [1.165, 1.54) is 13.8 Å². The maximum Gasteiger partial charge on any atom is 0.523 e. The van der Waals surface area contributed by atoms with Crippen LogP contribution in [0.25, 0.3) is 0 Å². The molecule has 7 nitrogen and oxygen atoms in total. The van der Waals surface area contributed by atoms with Crippen molar-refractivity contribution >= 4 is 15.8 Å². The standard InChI is InChI=1S/C14H16F3NO6S/c1-7-8(2)12-10(9(3)11(7)18(19)20)5-13(4,24-12)6-23-25(21,22)14(15,16)17/h5-6H2,1-4H3. The molecule has 0 radical (unpaired) electrons. The molecule has 25 heavy (non-hydrogen) atoms. The number of alkyl halides is 3. The molecule has 0 amide bonds. The molecule has 1 unspecified atom stereocenters. The Bertz CT molecular complexity index is 849. The highest BCUT2D eigenvalue weighted by molar-refractivity contribution is 7.87. The highest BCUT2D eigenvalue weighted by Gasteiger charge is 2.49. The monoisotopic (exact) mass is 383 g/mol. The summed E-state index contributed by atoms with van der Waals surface area (Å²) in [5, 5.41) is 11.3. The topological polar surface area (TPSA) is 95.7 Å². The minimum absolute atomic E-state index is 0.0104. The summed E-state index contributed by atoms with van der Waals surface area (Å²) in [7, 11) is -5.75. The summed E-state index contributed by atoms with van der Waals surface area (Å²) in [6, 6.07) is 0. The second kappa shape index (κ2) is 5.84. The van der Waals surface area contributed by atoms with Crippen LogP contribution in [0.1, 0.15) is 29.2 Å². The van der Waals surface area contributed by atoms with E-state index in [1.807, 2.05) is 0 Å². The Morgan fingerprint density at radius 3 is 2.28 bits per heavy atom. The Morgan fingerprint density at radius 2 is 1.80 bits per heavy atom. The van der Waals surface area contributed by atoms with Gasteiger partial charge in [-0.3, -0.25) is 14.3 Å². The predicted molar refractivity (Wildman–Crippen MR) is 81.0 cm³/mol. The van der Waals surface area contributed by atoms with E-state index in [0.717, 1.165) is 0 Å². The van der Waals surface area contributed by atoms with Crippen molar-refractivity contribution in [2.75, 3.05) is 6.61 Å². The first kappa shape index (κ1) is 19.4. The van der Waals surface area contributed by atoms with E-state index in [4.69, 9.17) is 4.74 Å². The van der Waals surface area contributed by atoms with Gasteiger partial charge in [-0.05, 0) is 27.7 Å². The fourth-order valence-electron chi connectivity index (χ4n) is 2.80. The molecule has 1 aromatic rings. The Kier molecular flexibility index (Phi) is 4.54. The molecule has 0 fully saturated rings. The summed E-state index contributed by atoms with van der Waals surface area (Å²) >= 11 is 0. The van der Waals surface area contributed by atoms with Gasteiger partial charge in [0.1, 0.15) is 18.0 Å². The van der Waals surface area contributed by atoms with E-state index in [-0.39, 0.29) is 12.1 Å². The number of benzene rings is 1. The average molecular weight is 383 g/mol. The molecule has 1 aliphatic heterocycles. The zero-order valence-corrected chi connectivity index (χ0v) is 14.7. The number of halogens is 3. The van der Waals surface area contributed by atoms with Gasteiger partial charge in [0.15, 0.2) is 0 Å². The normalized spacial score (nSPS) is 20.3. The average Bonchev–Trinajstić information content (AvgIpc) is 2.81. The number of nitrogens with zero attached hydrogens (tertiary/aromatic N) is 1. The van der Waals surface area contributed by atoms with Crippen LogP contribution < -0.4 is 4.74 Å². The SMILES string of the molecule is Cc1c(C)c([N+](=O)[O-])c(C)c2c1OC(C)(COS(=O)(=O)C(F)(F)F)C2. The van der Waals surface area contributed by atoms with E-state index in [9.17, 15) is 31.7 Å². The third-order valence-electron chi connectivity index (χ3n) is 4.22. The number of hydrogen-bond acceptors (Lipinski definition) is 6. The molecule has 0 aromatic heterocycles. The zero-order valence-electron chi connectivity index (χ0n) is 13.9. The molecule has 0 saturated carbocycles. The van der Waals surface area contributed by atoms with Crippen molar-refractivity contribution in [3.63, 3.8) is 0 Å². The Balaban J connectivity index is 2.36. The van der Waals surface area contributed by atoms with Crippen LogP contribution in [0, 0.1) is 30.9 Å². The fourth-order valence-corrected chi connectivity index (χ4v) is 3.34. The van der Waals surface area contributed by atoms with Gasteiger partial charge in [0.2, 0.25) is 0 Å². The lowest BCUT2D eigenvalue weighted by Gasteiger charge is -2.24. The van der Waals surface area contributed by atoms with Gasteiger partial charge in [0.25, 0.3) is 5.69 Å². The number of ether oxygens (including phenoxy) is 1. The van der Waals surface area contributed by atoms with Crippen molar-refractivity contribution in [3.05, 3.63) is 32.4 Å². The van der Waals surface area contributed by atoms with Gasteiger partial charge in [-0.1, -0.05) is 0 Å². The first-order chi connectivity index (χ1) is 11.2. The van der Waals surface area contributed by atoms with Crippen molar-refractivity contribution in [1.29, 1.82) is 0 Å². The van der Waals surface area contributed by atoms with Gasteiger partial charge in [-0.2, -0.15) is 21.6 Å². The van der Waals surface area contributed by atoms with E-state index < -0.39 is 32.8 Å². The second-order valence-electron chi connectivity index (χ2n) is 6.18. The van der Waals surface area contributed by atoms with Gasteiger partial charge < -0.3 is 4.74 Å². The van der Waals surface area contributed by atoms with Crippen LogP contribution in [-0.2, 0) is 20.7 Å². The third-order valence-corrected chi connectivity index (χ3v) is 5.22. The number of hydrogen-bond donors (Lipinski definition) is 0. The molecular weight excluding hydrogens is 367 g/mol. The number of nitro benzene ring substituents is 1. The molecule has 0 spiro atoms. The van der Waals surface area contributed by atoms with Crippen molar-refractivity contribution in [1.82, 2.24) is 0 Å². The quantitative estimate of drug-likeness (QED) is 0.343. The first-order valence-corrected chi connectivity index (χ1v) is 8.53. The lowest BCUT2D eigenvalue weighted by atomic mass is 9.92. The number of rotatable bonds is 4. The Labute approximate surface area is 142 Å². The van der Waals surface area contributed by atoms with E-state index >= 15 is 0 Å². The maximum atomic E-state index is 12.4.